The monoisotopic (exact) mass is 238 g/mol. The van der Waals surface area contributed by atoms with E-state index in [0.29, 0.717) is 19.8 Å². The third kappa shape index (κ3) is 5.31. The molecule has 0 atom stereocenters. The van der Waals surface area contributed by atoms with Gasteiger partial charge in [-0.25, -0.2) is 0 Å². The van der Waals surface area contributed by atoms with E-state index in [4.69, 9.17) is 4.74 Å². The molecule has 0 saturated heterocycles. The third-order valence-electron chi connectivity index (χ3n) is 2.19. The highest BCUT2D eigenvalue weighted by Crippen LogP contribution is 1.90. The van der Waals surface area contributed by atoms with E-state index in [9.17, 15) is 9.59 Å². The first-order chi connectivity index (χ1) is 8.24. The number of aromatic amines is 1. The van der Waals surface area contributed by atoms with Crippen molar-refractivity contribution in [2.45, 2.75) is 19.8 Å². The Morgan fingerprint density at radius 1 is 1.41 bits per heavy atom. The second-order valence-corrected chi connectivity index (χ2v) is 3.65. The number of amides is 1. The van der Waals surface area contributed by atoms with E-state index >= 15 is 0 Å². The van der Waals surface area contributed by atoms with Crippen molar-refractivity contribution in [2.24, 2.45) is 0 Å². The van der Waals surface area contributed by atoms with Crippen molar-refractivity contribution in [1.29, 1.82) is 0 Å². The first-order valence-corrected chi connectivity index (χ1v) is 5.79. The summed E-state index contributed by atoms with van der Waals surface area (Å²) < 4.78 is 5.30. The molecule has 0 radical (unpaired) electrons. The maximum absolute atomic E-state index is 11.5. The highest BCUT2D eigenvalue weighted by Gasteiger charge is 2.04. The van der Waals surface area contributed by atoms with Crippen molar-refractivity contribution in [3.05, 3.63) is 34.2 Å². The fourth-order valence-corrected chi connectivity index (χ4v) is 1.26. The molecule has 2 N–H and O–H groups in total. The summed E-state index contributed by atoms with van der Waals surface area (Å²) in [6, 6.07) is 4.48. The Morgan fingerprint density at radius 2 is 2.24 bits per heavy atom. The minimum absolute atomic E-state index is 0.269. The van der Waals surface area contributed by atoms with E-state index in [1.165, 1.54) is 6.07 Å². The topological polar surface area (TPSA) is 71.2 Å². The summed E-state index contributed by atoms with van der Waals surface area (Å²) in [6.45, 7) is 3.74. The normalized spacial score (nSPS) is 10.2. The Morgan fingerprint density at radius 3 is 2.94 bits per heavy atom. The highest BCUT2D eigenvalue weighted by molar-refractivity contribution is 5.92. The van der Waals surface area contributed by atoms with Crippen LogP contribution in [-0.4, -0.2) is 30.6 Å². The molecule has 0 spiro atoms. The zero-order valence-corrected chi connectivity index (χ0v) is 9.99. The van der Waals surface area contributed by atoms with Gasteiger partial charge in [-0.3, -0.25) is 9.59 Å². The van der Waals surface area contributed by atoms with Crippen LogP contribution in [-0.2, 0) is 4.74 Å². The zero-order chi connectivity index (χ0) is 12.5. The zero-order valence-electron chi connectivity index (χ0n) is 9.99. The van der Waals surface area contributed by atoms with Gasteiger partial charge in [-0.1, -0.05) is 19.4 Å². The summed E-state index contributed by atoms with van der Waals surface area (Å²) in [5.41, 5.74) is -0.0112. The van der Waals surface area contributed by atoms with Crippen molar-refractivity contribution in [1.82, 2.24) is 10.3 Å². The molecule has 5 nitrogen and oxygen atoms in total. The number of rotatable bonds is 7. The summed E-state index contributed by atoms with van der Waals surface area (Å²) in [6.07, 6.45) is 2.12. The molecule has 94 valence electrons. The molecule has 0 aliphatic rings. The van der Waals surface area contributed by atoms with E-state index in [1.807, 2.05) is 0 Å². The molecule has 0 aliphatic carbocycles. The average Bonchev–Trinajstić information content (AvgIpc) is 2.33. The van der Waals surface area contributed by atoms with Crippen LogP contribution >= 0.6 is 0 Å². The average molecular weight is 238 g/mol. The Bertz CT molecular complexity index is 401. The molecule has 1 aromatic heterocycles. The van der Waals surface area contributed by atoms with Crippen molar-refractivity contribution < 1.29 is 9.53 Å². The molecule has 0 saturated carbocycles. The molecular weight excluding hydrogens is 220 g/mol. The predicted molar refractivity (Wildman–Crippen MR) is 65.1 cm³/mol. The lowest BCUT2D eigenvalue weighted by Gasteiger charge is -2.05. The van der Waals surface area contributed by atoms with Crippen LogP contribution in [0.4, 0.5) is 0 Å². The lowest BCUT2D eigenvalue weighted by molar-refractivity contribution is 0.0908. The van der Waals surface area contributed by atoms with E-state index in [2.05, 4.69) is 17.2 Å². The molecule has 0 aliphatic heterocycles. The fourth-order valence-electron chi connectivity index (χ4n) is 1.26. The molecule has 1 amide bonds. The number of unbranched alkanes of at least 4 members (excludes halogenated alkanes) is 1. The Labute approximate surface area is 100 Å². The third-order valence-corrected chi connectivity index (χ3v) is 2.19. The van der Waals surface area contributed by atoms with E-state index in [0.717, 1.165) is 12.8 Å². The van der Waals surface area contributed by atoms with Crippen molar-refractivity contribution >= 4 is 5.91 Å². The van der Waals surface area contributed by atoms with Gasteiger partial charge in [-0.15, -0.1) is 0 Å². The molecule has 5 heteroatoms. The second kappa shape index (κ2) is 7.62. The minimum atomic E-state index is -0.290. The number of ether oxygens (including phenoxy) is 1. The Balaban J connectivity index is 2.24. The van der Waals surface area contributed by atoms with Crippen LogP contribution < -0.4 is 10.9 Å². The summed E-state index contributed by atoms with van der Waals surface area (Å²) in [5, 5.41) is 2.67. The number of H-pyrrole nitrogens is 1. The van der Waals surface area contributed by atoms with E-state index < -0.39 is 0 Å². The summed E-state index contributed by atoms with van der Waals surface area (Å²) >= 11 is 0. The van der Waals surface area contributed by atoms with Crippen LogP contribution in [0.25, 0.3) is 0 Å². The number of pyridine rings is 1. The molecule has 0 bridgehead atoms. The van der Waals surface area contributed by atoms with Gasteiger partial charge in [0.15, 0.2) is 0 Å². The van der Waals surface area contributed by atoms with Crippen molar-refractivity contribution in [3.8, 4) is 0 Å². The smallest absolute Gasteiger partial charge is 0.267 e. The molecular formula is C12H18N2O3. The van der Waals surface area contributed by atoms with Gasteiger partial charge in [0.1, 0.15) is 5.69 Å². The lowest BCUT2D eigenvalue weighted by Crippen LogP contribution is -2.29. The quantitative estimate of drug-likeness (QED) is 0.694. The van der Waals surface area contributed by atoms with Gasteiger partial charge >= 0.3 is 0 Å². The van der Waals surface area contributed by atoms with Crippen LogP contribution in [0, 0.1) is 0 Å². The molecule has 1 aromatic rings. The number of aromatic nitrogens is 1. The lowest BCUT2D eigenvalue weighted by atomic mass is 10.3. The number of carbonyl (C=O) groups is 1. The molecule has 0 unspecified atom stereocenters. The van der Waals surface area contributed by atoms with Crippen molar-refractivity contribution in [3.63, 3.8) is 0 Å². The number of hydrogen-bond donors (Lipinski definition) is 2. The summed E-state index contributed by atoms with van der Waals surface area (Å²) in [4.78, 5) is 25.0. The van der Waals surface area contributed by atoms with E-state index in [1.54, 1.807) is 12.1 Å². The fraction of sp³-hybridized carbons (Fsp3) is 0.500. The van der Waals surface area contributed by atoms with Crippen LogP contribution in [0.15, 0.2) is 23.0 Å². The van der Waals surface area contributed by atoms with Gasteiger partial charge in [0.25, 0.3) is 5.91 Å². The number of carbonyl (C=O) groups excluding carboxylic acids is 1. The van der Waals surface area contributed by atoms with Gasteiger partial charge in [-0.05, 0) is 12.5 Å². The van der Waals surface area contributed by atoms with Gasteiger partial charge in [0.05, 0.1) is 6.61 Å². The second-order valence-electron chi connectivity index (χ2n) is 3.65. The van der Waals surface area contributed by atoms with Crippen molar-refractivity contribution in [2.75, 3.05) is 19.8 Å². The maximum Gasteiger partial charge on any atom is 0.267 e. The first-order valence-electron chi connectivity index (χ1n) is 5.79. The minimum Gasteiger partial charge on any atom is -0.380 e. The van der Waals surface area contributed by atoms with Gasteiger partial charge < -0.3 is 15.0 Å². The van der Waals surface area contributed by atoms with E-state index in [-0.39, 0.29) is 17.2 Å². The molecule has 0 aromatic carbocycles. The first kappa shape index (κ1) is 13.4. The molecule has 1 heterocycles. The van der Waals surface area contributed by atoms with Crippen LogP contribution in [0.1, 0.15) is 30.3 Å². The van der Waals surface area contributed by atoms with Crippen LogP contribution in [0.2, 0.25) is 0 Å². The predicted octanol–water partition coefficient (Wildman–Crippen LogP) is 0.921. The van der Waals surface area contributed by atoms with Gasteiger partial charge in [0.2, 0.25) is 5.56 Å². The van der Waals surface area contributed by atoms with Crippen LogP contribution in [0.5, 0.6) is 0 Å². The molecule has 0 fully saturated rings. The van der Waals surface area contributed by atoms with Crippen LogP contribution in [0.3, 0.4) is 0 Å². The number of hydrogen-bond acceptors (Lipinski definition) is 3. The Kier molecular flexibility index (Phi) is 6.03. The standard InChI is InChI=1S/C12H18N2O3/c1-2-3-8-17-9-7-13-12(16)10-5-4-6-11(15)14-10/h4-6H,2-3,7-9H2,1H3,(H,13,16)(H,14,15). The van der Waals surface area contributed by atoms with Gasteiger partial charge in [-0.2, -0.15) is 0 Å². The maximum atomic E-state index is 11.5. The summed E-state index contributed by atoms with van der Waals surface area (Å²) in [7, 11) is 0. The Hall–Kier alpha value is -1.62. The molecule has 1 rings (SSSR count). The highest BCUT2D eigenvalue weighted by atomic mass is 16.5. The number of nitrogens with one attached hydrogen (secondary N) is 2. The van der Waals surface area contributed by atoms with Gasteiger partial charge in [0, 0.05) is 19.2 Å². The SMILES string of the molecule is CCCCOCCNC(=O)c1cccc(=O)[nH]1. The summed E-state index contributed by atoms with van der Waals surface area (Å²) in [5.74, 6) is -0.290. The largest absolute Gasteiger partial charge is 0.380 e. The molecule has 17 heavy (non-hydrogen) atoms.